The van der Waals surface area contributed by atoms with Gasteiger partial charge in [-0.3, -0.25) is 10.1 Å². The van der Waals surface area contributed by atoms with Gasteiger partial charge in [-0.1, -0.05) is 19.1 Å². The predicted octanol–water partition coefficient (Wildman–Crippen LogP) is 0.764. The molecule has 17 heavy (non-hydrogen) atoms. The molecule has 1 aromatic carbocycles. The highest BCUT2D eigenvalue weighted by Crippen LogP contribution is 2.19. The molecular weight excluding hydrogens is 222 g/mol. The van der Waals surface area contributed by atoms with E-state index in [4.69, 9.17) is 11.5 Å². The SMILES string of the molecule is CCc1ccc(C=NN=C(N)N)cc1[N+](=O)[O-]. The summed E-state index contributed by atoms with van der Waals surface area (Å²) in [6, 6.07) is 4.84. The van der Waals surface area contributed by atoms with Crippen molar-refractivity contribution in [3.63, 3.8) is 0 Å². The Morgan fingerprint density at radius 2 is 2.24 bits per heavy atom. The third-order valence-corrected chi connectivity index (χ3v) is 2.07. The summed E-state index contributed by atoms with van der Waals surface area (Å²) >= 11 is 0. The number of guanidine groups is 1. The van der Waals surface area contributed by atoms with Crippen molar-refractivity contribution in [1.29, 1.82) is 0 Å². The van der Waals surface area contributed by atoms with E-state index in [9.17, 15) is 10.1 Å². The van der Waals surface area contributed by atoms with E-state index in [1.54, 1.807) is 12.1 Å². The molecule has 0 bridgehead atoms. The minimum atomic E-state index is -0.420. The van der Waals surface area contributed by atoms with Crippen LogP contribution in [0.15, 0.2) is 28.4 Å². The van der Waals surface area contributed by atoms with Gasteiger partial charge >= 0.3 is 0 Å². The van der Waals surface area contributed by atoms with Crippen molar-refractivity contribution < 1.29 is 4.92 Å². The maximum Gasteiger partial charge on any atom is 0.273 e. The van der Waals surface area contributed by atoms with E-state index in [0.29, 0.717) is 17.5 Å². The van der Waals surface area contributed by atoms with Gasteiger partial charge in [0.1, 0.15) is 0 Å². The summed E-state index contributed by atoms with van der Waals surface area (Å²) in [6.07, 6.45) is 1.95. The van der Waals surface area contributed by atoms with Crippen LogP contribution >= 0.6 is 0 Å². The first-order valence-corrected chi connectivity index (χ1v) is 4.94. The maximum absolute atomic E-state index is 10.8. The Morgan fingerprint density at radius 3 is 2.76 bits per heavy atom. The van der Waals surface area contributed by atoms with Gasteiger partial charge in [0.15, 0.2) is 0 Å². The normalized spacial score (nSPS) is 10.4. The highest BCUT2D eigenvalue weighted by Gasteiger charge is 2.11. The van der Waals surface area contributed by atoms with E-state index in [2.05, 4.69) is 10.2 Å². The number of rotatable bonds is 4. The Kier molecular flexibility index (Phi) is 4.15. The molecule has 0 saturated carbocycles. The fourth-order valence-electron chi connectivity index (χ4n) is 1.29. The zero-order valence-corrected chi connectivity index (χ0v) is 9.33. The number of nitrogens with zero attached hydrogens (tertiary/aromatic N) is 3. The number of hydrogen-bond donors (Lipinski definition) is 2. The molecule has 4 N–H and O–H groups in total. The summed E-state index contributed by atoms with van der Waals surface area (Å²) in [6.45, 7) is 1.86. The minimum Gasteiger partial charge on any atom is -0.369 e. The Morgan fingerprint density at radius 1 is 1.53 bits per heavy atom. The van der Waals surface area contributed by atoms with Crippen LogP contribution in [0.25, 0.3) is 0 Å². The van der Waals surface area contributed by atoms with Gasteiger partial charge in [0.2, 0.25) is 5.96 Å². The van der Waals surface area contributed by atoms with Crippen LogP contribution in [0.5, 0.6) is 0 Å². The first-order chi connectivity index (χ1) is 8.04. The second-order valence-corrected chi connectivity index (χ2v) is 3.27. The highest BCUT2D eigenvalue weighted by molar-refractivity contribution is 5.82. The lowest BCUT2D eigenvalue weighted by Crippen LogP contribution is -2.21. The van der Waals surface area contributed by atoms with Crippen molar-refractivity contribution in [2.24, 2.45) is 21.7 Å². The van der Waals surface area contributed by atoms with Crippen molar-refractivity contribution in [3.8, 4) is 0 Å². The maximum atomic E-state index is 10.8. The van der Waals surface area contributed by atoms with Gasteiger partial charge in [0, 0.05) is 17.2 Å². The van der Waals surface area contributed by atoms with Crippen molar-refractivity contribution >= 4 is 17.9 Å². The Bertz CT molecular complexity index is 478. The van der Waals surface area contributed by atoms with Gasteiger partial charge in [0.05, 0.1) is 11.1 Å². The van der Waals surface area contributed by atoms with Crippen LogP contribution in [0.4, 0.5) is 5.69 Å². The summed E-state index contributed by atoms with van der Waals surface area (Å²) in [7, 11) is 0. The molecule has 0 aliphatic rings. The molecule has 7 heteroatoms. The summed E-state index contributed by atoms with van der Waals surface area (Å²) < 4.78 is 0. The molecule has 0 unspecified atom stereocenters. The number of nitrogens with two attached hydrogens (primary N) is 2. The third-order valence-electron chi connectivity index (χ3n) is 2.07. The van der Waals surface area contributed by atoms with Crippen molar-refractivity contribution in [2.75, 3.05) is 0 Å². The quantitative estimate of drug-likeness (QED) is 0.346. The molecule has 0 aromatic heterocycles. The molecule has 1 rings (SSSR count). The molecule has 0 heterocycles. The average molecular weight is 235 g/mol. The van der Waals surface area contributed by atoms with Crippen LogP contribution in [0, 0.1) is 10.1 Å². The molecular formula is C10H13N5O2. The van der Waals surface area contributed by atoms with Crippen LogP contribution in [0.2, 0.25) is 0 Å². The largest absolute Gasteiger partial charge is 0.369 e. The second kappa shape index (κ2) is 5.59. The zero-order chi connectivity index (χ0) is 12.8. The Labute approximate surface area is 98.0 Å². The van der Waals surface area contributed by atoms with Gasteiger partial charge in [0.25, 0.3) is 5.69 Å². The van der Waals surface area contributed by atoms with Crippen molar-refractivity contribution in [3.05, 3.63) is 39.4 Å². The average Bonchev–Trinajstić information content (AvgIpc) is 2.28. The Hall–Kier alpha value is -2.44. The summed E-state index contributed by atoms with van der Waals surface area (Å²) in [5, 5.41) is 17.8. The molecule has 0 amide bonds. The standard InChI is InChI=1S/C10H13N5O2/c1-2-8-4-3-7(5-9(8)15(16)17)6-13-14-10(11)12/h3-6H,2H2,1H3,(H4,11,12,14). The van der Waals surface area contributed by atoms with Gasteiger partial charge in [-0.15, -0.1) is 5.10 Å². The molecule has 1 aromatic rings. The first-order valence-electron chi connectivity index (χ1n) is 4.94. The zero-order valence-electron chi connectivity index (χ0n) is 9.33. The van der Waals surface area contributed by atoms with Crippen LogP contribution < -0.4 is 11.5 Å². The monoisotopic (exact) mass is 235 g/mol. The van der Waals surface area contributed by atoms with Crippen molar-refractivity contribution in [1.82, 2.24) is 0 Å². The van der Waals surface area contributed by atoms with Gasteiger partial charge in [-0.2, -0.15) is 5.10 Å². The lowest BCUT2D eigenvalue weighted by Gasteiger charge is -2.00. The molecule has 0 spiro atoms. The van der Waals surface area contributed by atoms with Crippen LogP contribution in [0.3, 0.4) is 0 Å². The van der Waals surface area contributed by atoms with E-state index >= 15 is 0 Å². The van der Waals surface area contributed by atoms with Gasteiger partial charge in [-0.25, -0.2) is 0 Å². The molecule has 90 valence electrons. The van der Waals surface area contributed by atoms with E-state index in [1.807, 2.05) is 6.92 Å². The van der Waals surface area contributed by atoms with Crippen LogP contribution in [0.1, 0.15) is 18.1 Å². The second-order valence-electron chi connectivity index (χ2n) is 3.27. The molecule has 7 nitrogen and oxygen atoms in total. The van der Waals surface area contributed by atoms with E-state index < -0.39 is 4.92 Å². The van der Waals surface area contributed by atoms with Crippen LogP contribution in [-0.2, 0) is 6.42 Å². The van der Waals surface area contributed by atoms with Crippen molar-refractivity contribution in [2.45, 2.75) is 13.3 Å². The smallest absolute Gasteiger partial charge is 0.273 e. The number of nitro benzene ring substituents is 1. The topological polar surface area (TPSA) is 120 Å². The molecule has 0 saturated heterocycles. The Balaban J connectivity index is 3.04. The highest BCUT2D eigenvalue weighted by atomic mass is 16.6. The summed E-state index contributed by atoms with van der Waals surface area (Å²) in [4.78, 5) is 10.4. The molecule has 0 fully saturated rings. The van der Waals surface area contributed by atoms with E-state index in [0.717, 1.165) is 0 Å². The van der Waals surface area contributed by atoms with Gasteiger partial charge < -0.3 is 11.5 Å². The lowest BCUT2D eigenvalue weighted by molar-refractivity contribution is -0.385. The molecule has 0 aliphatic heterocycles. The number of hydrogen-bond acceptors (Lipinski definition) is 4. The summed E-state index contributed by atoms with van der Waals surface area (Å²) in [5.41, 5.74) is 11.5. The number of benzene rings is 1. The molecule has 0 radical (unpaired) electrons. The van der Waals surface area contributed by atoms with E-state index in [1.165, 1.54) is 12.3 Å². The molecule has 0 atom stereocenters. The fourth-order valence-corrected chi connectivity index (χ4v) is 1.29. The lowest BCUT2D eigenvalue weighted by atomic mass is 10.1. The summed E-state index contributed by atoms with van der Waals surface area (Å²) in [5.74, 6) is -0.166. The fraction of sp³-hybridized carbons (Fsp3) is 0.200. The predicted molar refractivity (Wildman–Crippen MR) is 65.9 cm³/mol. The van der Waals surface area contributed by atoms with Gasteiger partial charge in [-0.05, 0) is 6.42 Å². The minimum absolute atomic E-state index is 0.0705. The number of nitro groups is 1. The van der Waals surface area contributed by atoms with E-state index in [-0.39, 0.29) is 11.6 Å². The number of aryl methyl sites for hydroxylation is 1. The molecule has 0 aliphatic carbocycles. The van der Waals surface area contributed by atoms with Crippen LogP contribution in [-0.4, -0.2) is 17.1 Å². The first kappa shape index (κ1) is 12.6. The third kappa shape index (κ3) is 3.56.